The minimum Gasteiger partial charge on any atom is -0.172 e. The Labute approximate surface area is 105 Å². The fourth-order valence-corrected chi connectivity index (χ4v) is 1.97. The summed E-state index contributed by atoms with van der Waals surface area (Å²) in [4.78, 5) is 0. The highest BCUT2D eigenvalue weighted by Crippen LogP contribution is 2.39. The lowest BCUT2D eigenvalue weighted by atomic mass is 9.30. The Bertz CT molecular complexity index is 376. The third-order valence-electron chi connectivity index (χ3n) is 2.83. The second-order valence-electron chi connectivity index (χ2n) is 3.84. The van der Waals surface area contributed by atoms with Crippen LogP contribution in [0.4, 0.5) is 13.2 Å². The molecule has 0 nitrogen and oxygen atoms in total. The molecule has 0 radical (unpaired) electrons. The average molecular weight is 264 g/mol. The maximum absolute atomic E-state index is 13.0. The molecule has 0 spiro atoms. The van der Waals surface area contributed by atoms with Crippen LogP contribution >= 0.6 is 23.2 Å². The lowest BCUT2D eigenvalue weighted by Gasteiger charge is -2.31. The van der Waals surface area contributed by atoms with Crippen molar-refractivity contribution in [3.05, 3.63) is 33.8 Å². The molecular formula is C8H8B3Cl2F3. The fourth-order valence-electron chi connectivity index (χ4n) is 1.44. The fraction of sp³-hybridized carbons (Fsp3) is 0.250. The number of rotatable bonds is 2. The largest absolute Gasteiger partial charge is 0.384 e. The first-order valence-corrected chi connectivity index (χ1v) is 5.49. The molecule has 16 heavy (non-hydrogen) atoms. The van der Waals surface area contributed by atoms with Crippen molar-refractivity contribution >= 4 is 46.0 Å². The molecule has 1 unspecified atom stereocenters. The van der Waals surface area contributed by atoms with E-state index >= 15 is 0 Å². The molecule has 0 N–H and O–H groups in total. The van der Waals surface area contributed by atoms with Gasteiger partial charge in [-0.3, -0.25) is 0 Å². The highest BCUT2D eigenvalue weighted by molar-refractivity contribution is 6.94. The normalized spacial score (nSPS) is 15.6. The van der Waals surface area contributed by atoms with Crippen LogP contribution in [0, 0.1) is 0 Å². The van der Waals surface area contributed by atoms with Gasteiger partial charge < -0.3 is 0 Å². The van der Waals surface area contributed by atoms with E-state index in [-0.39, 0.29) is 22.8 Å². The molecule has 0 amide bonds. The number of hydrogen-bond acceptors (Lipinski definition) is 0. The van der Waals surface area contributed by atoms with E-state index in [9.17, 15) is 13.2 Å². The van der Waals surface area contributed by atoms with Crippen LogP contribution in [-0.4, -0.2) is 28.9 Å². The van der Waals surface area contributed by atoms with Crippen LogP contribution in [0.25, 0.3) is 0 Å². The van der Waals surface area contributed by atoms with Gasteiger partial charge in [0.25, 0.3) is 0 Å². The molecular weight excluding hydrogens is 256 g/mol. The van der Waals surface area contributed by atoms with Gasteiger partial charge >= 0.3 is 6.18 Å². The summed E-state index contributed by atoms with van der Waals surface area (Å²) >= 11 is 11.4. The number of hydrogen-bond donors (Lipinski definition) is 0. The third kappa shape index (κ3) is 2.54. The molecule has 0 bridgehead atoms. The van der Waals surface area contributed by atoms with E-state index in [2.05, 4.69) is 0 Å². The minimum atomic E-state index is -4.32. The van der Waals surface area contributed by atoms with Crippen LogP contribution < -0.4 is 0 Å². The summed E-state index contributed by atoms with van der Waals surface area (Å²) in [6, 6.07) is 4.04. The number of alkyl halides is 3. The second kappa shape index (κ2) is 4.57. The van der Waals surface area contributed by atoms with Crippen LogP contribution in [-0.2, 0) is 5.21 Å². The van der Waals surface area contributed by atoms with E-state index in [0.29, 0.717) is 0 Å². The van der Waals surface area contributed by atoms with Crippen molar-refractivity contribution in [1.82, 2.24) is 0 Å². The van der Waals surface area contributed by atoms with Gasteiger partial charge in [0.15, 0.2) is 0 Å². The van der Waals surface area contributed by atoms with Crippen LogP contribution in [0.1, 0.15) is 5.56 Å². The van der Waals surface area contributed by atoms with Crippen molar-refractivity contribution < 1.29 is 13.2 Å². The van der Waals surface area contributed by atoms with Gasteiger partial charge in [0.05, 0.1) is 14.9 Å². The van der Waals surface area contributed by atoms with Crippen LogP contribution in [0.2, 0.25) is 10.0 Å². The van der Waals surface area contributed by atoms with Crippen molar-refractivity contribution in [3.8, 4) is 0 Å². The average Bonchev–Trinajstić information content (AvgIpc) is 2.13. The Morgan fingerprint density at radius 2 is 1.50 bits per heavy atom. The first-order chi connectivity index (χ1) is 7.20. The van der Waals surface area contributed by atoms with Gasteiger partial charge in [-0.25, -0.2) is 0 Å². The second-order valence-corrected chi connectivity index (χ2v) is 4.71. The molecule has 0 saturated carbocycles. The Morgan fingerprint density at radius 3 is 1.81 bits per heavy atom. The molecule has 0 saturated heterocycles. The van der Waals surface area contributed by atoms with E-state index in [1.807, 2.05) is 0 Å². The quantitative estimate of drug-likeness (QED) is 0.707. The highest BCUT2D eigenvalue weighted by atomic mass is 35.5. The molecule has 0 heterocycles. The molecule has 0 aliphatic heterocycles. The summed E-state index contributed by atoms with van der Waals surface area (Å²) in [6.07, 6.45) is -4.32. The van der Waals surface area contributed by atoms with Gasteiger partial charge in [0, 0.05) is 15.3 Å². The molecule has 0 aliphatic carbocycles. The van der Waals surface area contributed by atoms with E-state index in [1.54, 1.807) is 0 Å². The highest BCUT2D eigenvalue weighted by Gasteiger charge is 2.50. The lowest BCUT2D eigenvalue weighted by Crippen LogP contribution is -2.48. The standard InChI is InChI=1S/C8H8B3Cl2F3/c9-7(11-10,8(14,15)16)4-1-5(12)3-6(13)2-4/h1-3,11H,9-10H2. The van der Waals surface area contributed by atoms with E-state index in [1.165, 1.54) is 25.9 Å². The van der Waals surface area contributed by atoms with Gasteiger partial charge in [0.1, 0.15) is 7.85 Å². The zero-order chi connectivity index (χ0) is 12.6. The molecule has 0 fully saturated rings. The Kier molecular flexibility index (Phi) is 3.96. The number of halogens is 5. The molecule has 1 atom stereocenters. The summed E-state index contributed by atoms with van der Waals surface area (Å²) in [5.74, 6) is 0. The molecule has 1 rings (SSSR count). The van der Waals surface area contributed by atoms with Crippen LogP contribution in [0.15, 0.2) is 18.2 Å². The summed E-state index contributed by atoms with van der Waals surface area (Å²) in [7, 11) is 2.57. The Hall–Kier alpha value is -0.215. The van der Waals surface area contributed by atoms with Crippen molar-refractivity contribution in [1.29, 1.82) is 0 Å². The van der Waals surface area contributed by atoms with Gasteiger partial charge in [-0.05, 0) is 23.8 Å². The lowest BCUT2D eigenvalue weighted by molar-refractivity contribution is -0.144. The summed E-state index contributed by atoms with van der Waals surface area (Å²) in [5, 5.41) is -1.49. The Balaban J connectivity index is 3.34. The van der Waals surface area contributed by atoms with Gasteiger partial charge in [-0.15, -0.1) is 0 Å². The monoisotopic (exact) mass is 264 g/mol. The van der Waals surface area contributed by atoms with Gasteiger partial charge in [0.2, 0.25) is 0 Å². The molecule has 0 aromatic heterocycles. The molecule has 1 aromatic rings. The van der Waals surface area contributed by atoms with Crippen LogP contribution in [0.3, 0.4) is 0 Å². The Morgan fingerprint density at radius 1 is 1.06 bits per heavy atom. The number of benzene rings is 1. The first-order valence-electron chi connectivity index (χ1n) is 4.74. The van der Waals surface area contributed by atoms with Crippen LogP contribution in [0.5, 0.6) is 0 Å². The smallest absolute Gasteiger partial charge is 0.172 e. The molecule has 0 aliphatic rings. The molecule has 84 valence electrons. The van der Waals surface area contributed by atoms with Gasteiger partial charge in [-0.1, -0.05) is 23.2 Å². The summed E-state index contributed by atoms with van der Waals surface area (Å²) in [6.45, 7) is 0. The topological polar surface area (TPSA) is 0 Å². The van der Waals surface area contributed by atoms with Crippen molar-refractivity contribution in [2.24, 2.45) is 0 Å². The zero-order valence-corrected chi connectivity index (χ0v) is 10.3. The van der Waals surface area contributed by atoms with Crippen molar-refractivity contribution in [2.75, 3.05) is 0 Å². The van der Waals surface area contributed by atoms with E-state index in [4.69, 9.17) is 23.2 Å². The van der Waals surface area contributed by atoms with E-state index in [0.717, 1.165) is 7.85 Å². The predicted octanol–water partition coefficient (Wildman–Crippen LogP) is 1.33. The van der Waals surface area contributed by atoms with Crippen molar-refractivity contribution in [3.63, 3.8) is 0 Å². The summed E-state index contributed by atoms with van der Waals surface area (Å²) in [5.41, 5.74) is 0.0972. The van der Waals surface area contributed by atoms with Crippen molar-refractivity contribution in [2.45, 2.75) is 11.4 Å². The van der Waals surface area contributed by atoms with E-state index < -0.39 is 11.4 Å². The third-order valence-corrected chi connectivity index (χ3v) is 3.27. The maximum atomic E-state index is 13.0. The summed E-state index contributed by atoms with van der Waals surface area (Å²) < 4.78 is 38.9. The zero-order valence-electron chi connectivity index (χ0n) is 8.83. The SMILES string of the molecule is BBC(B)(c1cc(Cl)cc(Cl)c1)C(F)(F)F. The molecule has 1 aromatic carbocycles. The van der Waals surface area contributed by atoms with Gasteiger partial charge in [-0.2, -0.15) is 13.2 Å². The molecule has 8 heteroatoms. The first kappa shape index (κ1) is 13.8. The predicted molar refractivity (Wildman–Crippen MR) is 68.4 cm³/mol. The minimum absolute atomic E-state index is 0.0623. The maximum Gasteiger partial charge on any atom is 0.384 e.